The number of rotatable bonds is 5. The Bertz CT molecular complexity index is 704. The van der Waals surface area contributed by atoms with E-state index < -0.39 is 0 Å². The zero-order chi connectivity index (χ0) is 17.7. The Morgan fingerprint density at radius 1 is 0.792 bits per heavy atom. The molecule has 0 amide bonds. The predicted molar refractivity (Wildman–Crippen MR) is 105 cm³/mol. The van der Waals surface area contributed by atoms with Crippen molar-refractivity contribution in [2.75, 3.05) is 0 Å². The summed E-state index contributed by atoms with van der Waals surface area (Å²) in [5, 5.41) is 0. The quantitative estimate of drug-likeness (QED) is 0.543. The van der Waals surface area contributed by atoms with E-state index >= 15 is 0 Å². The van der Waals surface area contributed by atoms with E-state index in [1.54, 1.807) is 0 Å². The fraction of sp³-hybridized carbons (Fsp3) is 0.391. The third-order valence-electron chi connectivity index (χ3n) is 4.48. The number of hydrogen-bond acceptors (Lipinski definition) is 0. The molecule has 0 nitrogen and oxygen atoms in total. The minimum atomic E-state index is -0.303. The average Bonchev–Trinajstić information content (AvgIpc) is 2.55. The summed E-state index contributed by atoms with van der Waals surface area (Å²) in [6, 6.07) is 17.7. The van der Waals surface area contributed by atoms with Gasteiger partial charge in [0.2, 0.25) is 0 Å². The summed E-state index contributed by atoms with van der Waals surface area (Å²) < 4.78 is 5.12. The van der Waals surface area contributed by atoms with Crippen LogP contribution < -0.4 is 0 Å². The monoisotopic (exact) mass is 404 g/mol. The molecule has 0 N–H and O–H groups in total. The van der Waals surface area contributed by atoms with Gasteiger partial charge < -0.3 is 0 Å². The maximum atomic E-state index is 2.56. The van der Waals surface area contributed by atoms with Crippen molar-refractivity contribution >= 4 is 8.80 Å². The Balaban J connectivity index is 2.44. The SMILES string of the molecule is CC(C)c1cccc(C(C)C)c1[CH]=[Mo]=[CH]C(C)(C)c1ccccc1. The molecule has 24 heavy (non-hydrogen) atoms. The Hall–Kier alpha value is -1.13. The Kier molecular flexibility index (Phi) is 6.64. The molecule has 2 rings (SSSR count). The van der Waals surface area contributed by atoms with Crippen molar-refractivity contribution in [3.05, 3.63) is 70.8 Å². The van der Waals surface area contributed by atoms with Gasteiger partial charge in [-0.05, 0) is 0 Å². The van der Waals surface area contributed by atoms with Crippen molar-refractivity contribution in [1.29, 1.82) is 0 Å². The molecule has 0 aliphatic heterocycles. The summed E-state index contributed by atoms with van der Waals surface area (Å²) in [6.45, 7) is 13.9. The Morgan fingerprint density at radius 3 is 1.83 bits per heavy atom. The van der Waals surface area contributed by atoms with Crippen LogP contribution in [0.3, 0.4) is 0 Å². The first-order valence-corrected chi connectivity index (χ1v) is 11.2. The van der Waals surface area contributed by atoms with Gasteiger partial charge in [-0.1, -0.05) is 0 Å². The van der Waals surface area contributed by atoms with E-state index in [1.807, 2.05) is 0 Å². The second-order valence-electron chi connectivity index (χ2n) is 7.62. The molecular weight excluding hydrogens is 372 g/mol. The van der Waals surface area contributed by atoms with Gasteiger partial charge >= 0.3 is 156 Å². The zero-order valence-electron chi connectivity index (χ0n) is 15.8. The first kappa shape index (κ1) is 19.2. The molecule has 128 valence electrons. The summed E-state index contributed by atoms with van der Waals surface area (Å²) >= 11 is -0.303. The van der Waals surface area contributed by atoms with Crippen LogP contribution in [0.2, 0.25) is 0 Å². The minimum absolute atomic E-state index is 0.144. The van der Waals surface area contributed by atoms with Crippen LogP contribution in [-0.2, 0) is 23.1 Å². The third-order valence-corrected chi connectivity index (χ3v) is 7.18. The molecule has 0 bridgehead atoms. The molecule has 0 fully saturated rings. The maximum absolute atomic E-state index is 2.56. The molecule has 0 atom stereocenters. The summed E-state index contributed by atoms with van der Waals surface area (Å²) in [5.41, 5.74) is 6.05. The molecule has 0 spiro atoms. The summed E-state index contributed by atoms with van der Waals surface area (Å²) in [5.74, 6) is 1.15. The molecule has 0 radical (unpaired) electrons. The third kappa shape index (κ3) is 4.70. The van der Waals surface area contributed by atoms with Gasteiger partial charge in [-0.15, -0.1) is 0 Å². The summed E-state index contributed by atoms with van der Waals surface area (Å²) in [4.78, 5) is 0. The van der Waals surface area contributed by atoms with Crippen LogP contribution >= 0.6 is 0 Å². The van der Waals surface area contributed by atoms with Crippen LogP contribution in [0.4, 0.5) is 0 Å². The van der Waals surface area contributed by atoms with Gasteiger partial charge in [-0.3, -0.25) is 0 Å². The molecule has 0 heterocycles. The van der Waals surface area contributed by atoms with E-state index in [2.05, 4.69) is 98.9 Å². The Morgan fingerprint density at radius 2 is 1.33 bits per heavy atom. The van der Waals surface area contributed by atoms with Crippen LogP contribution in [0.15, 0.2) is 48.5 Å². The normalized spacial score (nSPS) is 11.7. The van der Waals surface area contributed by atoms with Crippen molar-refractivity contribution in [3.63, 3.8) is 0 Å². The standard InChI is InChI=1S/C13H18.C10H12.Mo/c1-9(2)12-7-6-8-13(10(3)4)11(12)5;1-10(2,3)9-7-5-4-6-8-9;/h5-10H,1-4H3;1,4-8H,2-3H3;. The van der Waals surface area contributed by atoms with Crippen molar-refractivity contribution in [3.8, 4) is 0 Å². The predicted octanol–water partition coefficient (Wildman–Crippen LogP) is 5.95. The Labute approximate surface area is 155 Å². The van der Waals surface area contributed by atoms with E-state index in [-0.39, 0.29) is 23.1 Å². The topological polar surface area (TPSA) is 0 Å². The number of hydrogen-bond donors (Lipinski definition) is 0. The second kappa shape index (κ2) is 8.30. The van der Waals surface area contributed by atoms with Gasteiger partial charge in [0.1, 0.15) is 0 Å². The van der Waals surface area contributed by atoms with Crippen molar-refractivity contribution in [2.24, 2.45) is 0 Å². The van der Waals surface area contributed by atoms with E-state index in [0.29, 0.717) is 11.8 Å². The van der Waals surface area contributed by atoms with Gasteiger partial charge in [0, 0.05) is 0 Å². The van der Waals surface area contributed by atoms with Crippen molar-refractivity contribution in [2.45, 2.75) is 58.8 Å². The van der Waals surface area contributed by atoms with Gasteiger partial charge in [0.15, 0.2) is 0 Å². The van der Waals surface area contributed by atoms with Crippen LogP contribution in [0.5, 0.6) is 0 Å². The van der Waals surface area contributed by atoms with E-state index in [9.17, 15) is 0 Å². The first-order chi connectivity index (χ1) is 11.3. The molecule has 1 heteroatoms. The number of benzene rings is 2. The molecule has 0 aliphatic rings. The molecule has 0 saturated carbocycles. The molecular formula is C23H30Mo. The van der Waals surface area contributed by atoms with E-state index in [4.69, 9.17) is 0 Å². The van der Waals surface area contributed by atoms with Crippen molar-refractivity contribution in [1.82, 2.24) is 0 Å². The molecule has 0 saturated heterocycles. The fourth-order valence-corrected chi connectivity index (χ4v) is 5.29. The van der Waals surface area contributed by atoms with Gasteiger partial charge in [-0.25, -0.2) is 0 Å². The van der Waals surface area contributed by atoms with E-state index in [1.165, 1.54) is 22.3 Å². The fourth-order valence-electron chi connectivity index (χ4n) is 2.95. The average molecular weight is 402 g/mol. The molecule has 0 aromatic heterocycles. The van der Waals surface area contributed by atoms with Gasteiger partial charge in [0.05, 0.1) is 0 Å². The molecule has 0 aliphatic carbocycles. The first-order valence-electron chi connectivity index (χ1n) is 8.84. The molecule has 0 unspecified atom stereocenters. The zero-order valence-corrected chi connectivity index (χ0v) is 17.8. The second-order valence-corrected chi connectivity index (χ2v) is 9.45. The van der Waals surface area contributed by atoms with Crippen LogP contribution in [-0.4, -0.2) is 8.80 Å². The van der Waals surface area contributed by atoms with Crippen LogP contribution in [0.1, 0.15) is 75.6 Å². The molecule has 2 aromatic rings. The van der Waals surface area contributed by atoms with Gasteiger partial charge in [0.25, 0.3) is 0 Å². The van der Waals surface area contributed by atoms with Crippen molar-refractivity contribution < 1.29 is 17.6 Å². The summed E-state index contributed by atoms with van der Waals surface area (Å²) in [6.07, 6.45) is 0. The van der Waals surface area contributed by atoms with Gasteiger partial charge in [-0.2, -0.15) is 0 Å². The van der Waals surface area contributed by atoms with Crippen LogP contribution in [0, 0.1) is 0 Å². The van der Waals surface area contributed by atoms with Crippen LogP contribution in [0.25, 0.3) is 0 Å². The summed E-state index contributed by atoms with van der Waals surface area (Å²) in [7, 11) is 0. The molecule has 2 aromatic carbocycles. The van der Waals surface area contributed by atoms with E-state index in [0.717, 1.165) is 0 Å².